The molecule has 2 aromatic carbocycles. The Hall–Kier alpha value is -2.99. The Morgan fingerprint density at radius 2 is 1.82 bits per heavy atom. The standard InChI is InChI=1S/C21H25F3N2O6S/c1-4-10-31-17-12-14(25-20(28)19(27)13(2)3)8-9-18(17)33(29,30)26-15-6-5-7-16(11-15)32-21(22,23)24/h5-9,11-13,19,26-27H,4,10H2,1-3H3,(H,25,28)/t19-/m0/s1. The minimum absolute atomic E-state index is 0.0797. The van der Waals surface area contributed by atoms with Crippen molar-refractivity contribution in [2.24, 2.45) is 5.92 Å². The lowest BCUT2D eigenvalue weighted by Gasteiger charge is -2.17. The summed E-state index contributed by atoms with van der Waals surface area (Å²) in [5, 5.41) is 12.4. The van der Waals surface area contributed by atoms with Crippen LogP contribution in [-0.4, -0.2) is 38.5 Å². The lowest BCUT2D eigenvalue weighted by atomic mass is 10.1. The molecule has 0 fully saturated rings. The van der Waals surface area contributed by atoms with Crippen molar-refractivity contribution in [3.8, 4) is 11.5 Å². The Morgan fingerprint density at radius 3 is 2.42 bits per heavy atom. The summed E-state index contributed by atoms with van der Waals surface area (Å²) in [5.41, 5.74) is 0.0426. The Morgan fingerprint density at radius 1 is 1.12 bits per heavy atom. The molecule has 0 spiro atoms. The van der Waals surface area contributed by atoms with Gasteiger partial charge in [-0.15, -0.1) is 13.2 Å². The van der Waals surface area contributed by atoms with Crippen LogP contribution in [-0.2, 0) is 14.8 Å². The van der Waals surface area contributed by atoms with E-state index in [0.717, 1.165) is 12.1 Å². The third kappa shape index (κ3) is 7.82. The topological polar surface area (TPSA) is 114 Å². The molecule has 0 saturated carbocycles. The van der Waals surface area contributed by atoms with E-state index in [2.05, 4.69) is 14.8 Å². The van der Waals surface area contributed by atoms with E-state index >= 15 is 0 Å². The Labute approximate surface area is 189 Å². The second-order valence-electron chi connectivity index (χ2n) is 7.37. The average molecular weight is 491 g/mol. The van der Waals surface area contributed by atoms with Gasteiger partial charge in [0.2, 0.25) is 0 Å². The number of hydrogen-bond acceptors (Lipinski definition) is 6. The summed E-state index contributed by atoms with van der Waals surface area (Å²) in [6, 6.07) is 8.16. The first-order valence-corrected chi connectivity index (χ1v) is 11.4. The highest BCUT2D eigenvalue weighted by Gasteiger charge is 2.31. The Bertz CT molecular complexity index is 1070. The molecule has 0 heterocycles. The highest BCUT2D eigenvalue weighted by molar-refractivity contribution is 7.92. The summed E-state index contributed by atoms with van der Waals surface area (Å²) in [6.07, 6.45) is -5.63. The number of aliphatic hydroxyl groups excluding tert-OH is 1. The molecule has 0 aliphatic heterocycles. The van der Waals surface area contributed by atoms with Crippen molar-refractivity contribution < 1.29 is 41.0 Å². The number of hydrogen-bond donors (Lipinski definition) is 3. The van der Waals surface area contributed by atoms with E-state index in [1.165, 1.54) is 30.3 Å². The van der Waals surface area contributed by atoms with Crippen LogP contribution >= 0.6 is 0 Å². The van der Waals surface area contributed by atoms with Crippen LogP contribution in [0, 0.1) is 5.92 Å². The highest BCUT2D eigenvalue weighted by Crippen LogP contribution is 2.31. The molecule has 0 aliphatic rings. The fourth-order valence-corrected chi connectivity index (χ4v) is 3.80. The fraction of sp³-hybridized carbons (Fsp3) is 0.381. The number of carbonyl (C=O) groups excluding carboxylic acids is 1. The van der Waals surface area contributed by atoms with Crippen molar-refractivity contribution in [1.82, 2.24) is 0 Å². The van der Waals surface area contributed by atoms with E-state index in [9.17, 15) is 31.5 Å². The maximum absolute atomic E-state index is 12.9. The van der Waals surface area contributed by atoms with Crippen LogP contribution in [0.1, 0.15) is 27.2 Å². The number of ether oxygens (including phenoxy) is 2. The van der Waals surface area contributed by atoms with Gasteiger partial charge in [0.25, 0.3) is 15.9 Å². The Balaban J connectivity index is 2.33. The third-order valence-corrected chi connectivity index (χ3v) is 5.60. The summed E-state index contributed by atoms with van der Waals surface area (Å²) in [7, 11) is -4.28. The second kappa shape index (κ2) is 10.8. The maximum Gasteiger partial charge on any atom is 0.573 e. The molecule has 8 nitrogen and oxygen atoms in total. The zero-order valence-corrected chi connectivity index (χ0v) is 19.0. The summed E-state index contributed by atoms with van der Waals surface area (Å²) in [6.45, 7) is 5.30. The van der Waals surface area contributed by atoms with Crippen LogP contribution in [0.4, 0.5) is 24.5 Å². The van der Waals surface area contributed by atoms with Crippen molar-refractivity contribution in [3.63, 3.8) is 0 Å². The number of sulfonamides is 1. The van der Waals surface area contributed by atoms with E-state index < -0.39 is 34.1 Å². The second-order valence-corrected chi connectivity index (χ2v) is 9.02. The predicted molar refractivity (Wildman–Crippen MR) is 116 cm³/mol. The quantitative estimate of drug-likeness (QED) is 0.462. The molecule has 3 N–H and O–H groups in total. The zero-order chi connectivity index (χ0) is 24.8. The fourth-order valence-electron chi connectivity index (χ4n) is 2.62. The number of halogens is 3. The van der Waals surface area contributed by atoms with E-state index in [4.69, 9.17) is 4.74 Å². The molecule has 0 unspecified atom stereocenters. The van der Waals surface area contributed by atoms with Crippen LogP contribution in [0.5, 0.6) is 11.5 Å². The van der Waals surface area contributed by atoms with Gasteiger partial charge >= 0.3 is 6.36 Å². The molecular weight excluding hydrogens is 465 g/mol. The smallest absolute Gasteiger partial charge is 0.492 e. The van der Waals surface area contributed by atoms with Crippen LogP contribution < -0.4 is 19.5 Å². The minimum Gasteiger partial charge on any atom is -0.492 e. The first-order valence-electron chi connectivity index (χ1n) is 9.97. The lowest BCUT2D eigenvalue weighted by Crippen LogP contribution is -2.31. The van der Waals surface area contributed by atoms with Crippen molar-refractivity contribution >= 4 is 27.3 Å². The van der Waals surface area contributed by atoms with Gasteiger partial charge in [-0.1, -0.05) is 26.8 Å². The first kappa shape index (κ1) is 26.3. The van der Waals surface area contributed by atoms with Crippen molar-refractivity contribution in [2.45, 2.75) is 44.6 Å². The predicted octanol–water partition coefficient (Wildman–Crippen LogP) is 4.13. The molecule has 0 aliphatic carbocycles. The van der Waals surface area contributed by atoms with Crippen LogP contribution in [0.2, 0.25) is 0 Å². The largest absolute Gasteiger partial charge is 0.573 e. The number of alkyl halides is 3. The van der Waals surface area contributed by atoms with Crippen molar-refractivity contribution in [1.29, 1.82) is 0 Å². The number of anilines is 2. The van der Waals surface area contributed by atoms with Crippen molar-refractivity contribution in [2.75, 3.05) is 16.6 Å². The molecule has 0 bridgehead atoms. The molecule has 0 radical (unpaired) electrons. The van der Waals surface area contributed by atoms with E-state index in [1.54, 1.807) is 13.8 Å². The van der Waals surface area contributed by atoms with Gasteiger partial charge < -0.3 is 19.9 Å². The van der Waals surface area contributed by atoms with Gasteiger partial charge in [0.05, 0.1) is 12.3 Å². The number of benzene rings is 2. The van der Waals surface area contributed by atoms with Gasteiger partial charge in [0.1, 0.15) is 22.5 Å². The van der Waals surface area contributed by atoms with Gasteiger partial charge in [-0.05, 0) is 36.6 Å². The summed E-state index contributed by atoms with van der Waals surface area (Å²) in [5.74, 6) is -1.67. The molecule has 33 heavy (non-hydrogen) atoms. The summed E-state index contributed by atoms with van der Waals surface area (Å²) >= 11 is 0. The molecule has 0 aromatic heterocycles. The molecule has 182 valence electrons. The van der Waals surface area contributed by atoms with E-state index in [1.807, 2.05) is 6.92 Å². The molecule has 0 saturated heterocycles. The minimum atomic E-state index is -4.93. The SMILES string of the molecule is CCCOc1cc(NC(=O)[C@@H](O)C(C)C)ccc1S(=O)(=O)Nc1cccc(OC(F)(F)F)c1. The molecule has 1 amide bonds. The Kier molecular flexibility index (Phi) is 8.56. The number of nitrogens with one attached hydrogen (secondary N) is 2. The number of aliphatic hydroxyl groups is 1. The normalized spacial score (nSPS) is 12.8. The summed E-state index contributed by atoms with van der Waals surface area (Å²) in [4.78, 5) is 11.8. The first-order chi connectivity index (χ1) is 15.3. The van der Waals surface area contributed by atoms with Gasteiger partial charge in [0.15, 0.2) is 0 Å². The monoisotopic (exact) mass is 490 g/mol. The molecule has 2 aromatic rings. The van der Waals surface area contributed by atoms with Gasteiger partial charge in [0, 0.05) is 17.8 Å². The van der Waals surface area contributed by atoms with Crippen LogP contribution in [0.15, 0.2) is 47.4 Å². The van der Waals surface area contributed by atoms with E-state index in [-0.39, 0.29) is 34.5 Å². The van der Waals surface area contributed by atoms with Gasteiger partial charge in [-0.25, -0.2) is 8.42 Å². The number of carbonyl (C=O) groups is 1. The number of rotatable bonds is 10. The lowest BCUT2D eigenvalue weighted by molar-refractivity contribution is -0.274. The average Bonchev–Trinajstić information content (AvgIpc) is 2.70. The highest BCUT2D eigenvalue weighted by atomic mass is 32.2. The molecule has 2 rings (SSSR count). The van der Waals surface area contributed by atoms with Crippen LogP contribution in [0.25, 0.3) is 0 Å². The summed E-state index contributed by atoms with van der Waals surface area (Å²) < 4.78 is 74.7. The van der Waals surface area contributed by atoms with Gasteiger partial charge in [-0.3, -0.25) is 9.52 Å². The molecular formula is C21H25F3N2O6S. The van der Waals surface area contributed by atoms with Gasteiger partial charge in [-0.2, -0.15) is 0 Å². The number of amides is 1. The van der Waals surface area contributed by atoms with E-state index in [0.29, 0.717) is 6.42 Å². The zero-order valence-electron chi connectivity index (χ0n) is 18.1. The van der Waals surface area contributed by atoms with Crippen molar-refractivity contribution in [3.05, 3.63) is 42.5 Å². The maximum atomic E-state index is 12.9. The third-order valence-electron chi connectivity index (χ3n) is 4.18. The molecule has 1 atom stereocenters. The molecule has 12 heteroatoms. The van der Waals surface area contributed by atoms with Crippen LogP contribution in [0.3, 0.4) is 0 Å².